The number of amides is 1. The third kappa shape index (κ3) is 4.33. The number of likely N-dealkylation sites (tertiary alicyclic amines) is 1. The number of methoxy groups -OCH3 is 1. The lowest BCUT2D eigenvalue weighted by Crippen LogP contribution is -2.60. The van der Waals surface area contributed by atoms with Crippen LogP contribution in [0.5, 0.6) is 5.75 Å². The molecule has 4 unspecified atom stereocenters. The van der Waals surface area contributed by atoms with Crippen LogP contribution in [0.1, 0.15) is 28.7 Å². The molecule has 4 atom stereocenters. The maximum Gasteiger partial charge on any atom is 0.227 e. The van der Waals surface area contributed by atoms with Crippen molar-refractivity contribution in [2.24, 2.45) is 11.8 Å². The van der Waals surface area contributed by atoms with Crippen molar-refractivity contribution in [2.45, 2.75) is 30.0 Å². The monoisotopic (exact) mass is 590 g/mol. The van der Waals surface area contributed by atoms with E-state index in [1.807, 2.05) is 59.5 Å². The number of H-pyrrole nitrogens is 1. The fourth-order valence-corrected chi connectivity index (χ4v) is 8.04. The van der Waals surface area contributed by atoms with Gasteiger partial charge in [0.2, 0.25) is 5.91 Å². The van der Waals surface area contributed by atoms with Crippen LogP contribution in [0.2, 0.25) is 0 Å². The van der Waals surface area contributed by atoms with Crippen molar-refractivity contribution in [3.8, 4) is 5.75 Å². The Hall–Kier alpha value is -4.46. The Morgan fingerprint density at radius 1 is 0.932 bits per heavy atom. The normalized spacial score (nSPS) is 24.3. The van der Waals surface area contributed by atoms with E-state index in [-0.39, 0.29) is 37.0 Å². The van der Waals surface area contributed by atoms with Crippen molar-refractivity contribution < 1.29 is 24.1 Å². The van der Waals surface area contributed by atoms with Crippen LogP contribution >= 0.6 is 0 Å². The molecule has 1 aromatic heterocycles. The number of halogens is 1. The molecule has 1 saturated carbocycles. The van der Waals surface area contributed by atoms with E-state index in [1.54, 1.807) is 25.4 Å². The van der Waals surface area contributed by atoms with Gasteiger partial charge in [0.25, 0.3) is 0 Å². The summed E-state index contributed by atoms with van der Waals surface area (Å²) in [7, 11) is 1.56. The van der Waals surface area contributed by atoms with Crippen LogP contribution in [0.4, 0.5) is 4.39 Å². The summed E-state index contributed by atoms with van der Waals surface area (Å²) in [5, 5.41) is 25.5. The quantitative estimate of drug-likeness (QED) is 0.241. The minimum Gasteiger partial charge on any atom is -0.496 e. The zero-order valence-electron chi connectivity index (χ0n) is 24.5. The van der Waals surface area contributed by atoms with Gasteiger partial charge in [-0.1, -0.05) is 78.9 Å². The van der Waals surface area contributed by atoms with Crippen LogP contribution in [0.3, 0.4) is 0 Å². The number of ether oxygens (including phenoxy) is 1. The Bertz CT molecular complexity index is 1770. The minimum absolute atomic E-state index is 0.0855. The molecule has 224 valence electrons. The average Bonchev–Trinajstić information content (AvgIpc) is 3.69. The topological polar surface area (TPSA) is 85.8 Å². The third-order valence-electron chi connectivity index (χ3n) is 10.1. The summed E-state index contributed by atoms with van der Waals surface area (Å²) in [5.41, 5.74) is 1.71. The summed E-state index contributed by atoms with van der Waals surface area (Å²) in [5.74, 6) is -0.742. The van der Waals surface area contributed by atoms with E-state index in [9.17, 15) is 19.4 Å². The Kier molecular flexibility index (Phi) is 7.03. The highest BCUT2D eigenvalue weighted by atomic mass is 19.1. The van der Waals surface area contributed by atoms with E-state index in [4.69, 9.17) is 4.74 Å². The number of aliphatic hydroxyl groups is 2. The van der Waals surface area contributed by atoms with Gasteiger partial charge in [0, 0.05) is 47.1 Å². The predicted octanol–water partition coefficient (Wildman–Crippen LogP) is 5.57. The second kappa shape index (κ2) is 10.9. The Morgan fingerprint density at radius 2 is 1.57 bits per heavy atom. The number of hydrogen-bond acceptors (Lipinski definition) is 4. The fourth-order valence-electron chi connectivity index (χ4n) is 8.04. The van der Waals surface area contributed by atoms with Crippen molar-refractivity contribution in [3.63, 3.8) is 0 Å². The maximum atomic E-state index is 14.1. The summed E-state index contributed by atoms with van der Waals surface area (Å²) >= 11 is 0. The SMILES string of the molecule is COc1ccccc1C1(O)C(O)CC(c2ccccc2)(c2ccccc2)C2CN(C(=O)Cc3c[nH]c4ccc(F)cc34)CC21. The van der Waals surface area contributed by atoms with Crippen molar-refractivity contribution in [1.29, 1.82) is 0 Å². The highest BCUT2D eigenvalue weighted by Crippen LogP contribution is 2.60. The maximum absolute atomic E-state index is 14.1. The molecule has 0 bridgehead atoms. The first kappa shape index (κ1) is 28.3. The number of fused-ring (bicyclic) bond motifs is 2. The second-order valence-corrected chi connectivity index (χ2v) is 12.1. The van der Waals surface area contributed by atoms with Gasteiger partial charge in [0.05, 0.1) is 19.6 Å². The standard InChI is InChI=1S/C37H35FN2O4/c1-44-33-15-9-8-14-29(33)37(43)31-23-40(35(42)18-24-21-39-32-17-16-27(38)19-28(24)32)22-30(31)36(20-34(37)41,25-10-4-2-5-11-25)26-12-6-3-7-13-26/h2-17,19,21,30-31,34,39,41,43H,18,20,22-23H2,1H3. The number of carbonyl (C=O) groups excluding carboxylic acids is 1. The molecule has 4 aromatic carbocycles. The molecule has 3 N–H and O–H groups in total. The molecule has 1 aliphatic carbocycles. The Balaban J connectivity index is 1.36. The zero-order chi connectivity index (χ0) is 30.5. The van der Waals surface area contributed by atoms with Crippen molar-refractivity contribution >= 4 is 16.8 Å². The van der Waals surface area contributed by atoms with Crippen molar-refractivity contribution in [1.82, 2.24) is 9.88 Å². The summed E-state index contributed by atoms with van der Waals surface area (Å²) < 4.78 is 19.8. The predicted molar refractivity (Wildman–Crippen MR) is 167 cm³/mol. The molecular weight excluding hydrogens is 555 g/mol. The van der Waals surface area contributed by atoms with Gasteiger partial charge < -0.3 is 24.8 Å². The molecule has 44 heavy (non-hydrogen) atoms. The average molecular weight is 591 g/mol. The fraction of sp³-hybridized carbons (Fsp3) is 0.270. The van der Waals surface area contributed by atoms with E-state index in [0.29, 0.717) is 23.2 Å². The molecule has 1 saturated heterocycles. The highest BCUT2D eigenvalue weighted by Gasteiger charge is 2.64. The number of benzene rings is 4. The lowest BCUT2D eigenvalue weighted by molar-refractivity contribution is -0.168. The minimum atomic E-state index is -1.68. The van der Waals surface area contributed by atoms with Gasteiger partial charge in [-0.2, -0.15) is 0 Å². The van der Waals surface area contributed by atoms with Crippen molar-refractivity contribution in [3.05, 3.63) is 137 Å². The van der Waals surface area contributed by atoms with E-state index < -0.39 is 23.0 Å². The van der Waals surface area contributed by atoms with Gasteiger partial charge in [-0.25, -0.2) is 4.39 Å². The molecule has 2 heterocycles. The van der Waals surface area contributed by atoms with Gasteiger partial charge >= 0.3 is 0 Å². The van der Waals surface area contributed by atoms with E-state index in [2.05, 4.69) is 29.2 Å². The Morgan fingerprint density at radius 3 is 2.25 bits per heavy atom. The first-order chi connectivity index (χ1) is 21.4. The lowest BCUT2D eigenvalue weighted by atomic mass is 9.51. The molecule has 0 radical (unpaired) electrons. The zero-order valence-corrected chi connectivity index (χ0v) is 24.5. The number of aromatic nitrogens is 1. The largest absolute Gasteiger partial charge is 0.496 e. The van der Waals surface area contributed by atoms with Gasteiger partial charge in [-0.15, -0.1) is 0 Å². The van der Waals surface area contributed by atoms with Gasteiger partial charge in [0.1, 0.15) is 17.2 Å². The van der Waals surface area contributed by atoms with Crippen LogP contribution in [0.15, 0.2) is 109 Å². The number of hydrogen-bond donors (Lipinski definition) is 3. The van der Waals surface area contributed by atoms with Crippen LogP contribution in [0, 0.1) is 17.7 Å². The highest BCUT2D eigenvalue weighted by molar-refractivity contribution is 5.89. The number of aromatic amines is 1. The molecular formula is C37H35FN2O4. The second-order valence-electron chi connectivity index (χ2n) is 12.1. The molecule has 5 aromatic rings. The first-order valence-electron chi connectivity index (χ1n) is 15.0. The first-order valence-corrected chi connectivity index (χ1v) is 15.0. The summed E-state index contributed by atoms with van der Waals surface area (Å²) in [4.78, 5) is 19.0. The van der Waals surface area contributed by atoms with Crippen molar-refractivity contribution in [2.75, 3.05) is 20.2 Å². The van der Waals surface area contributed by atoms with E-state index >= 15 is 0 Å². The van der Waals surface area contributed by atoms with Crippen LogP contribution in [0.25, 0.3) is 10.9 Å². The number of nitrogens with one attached hydrogen (secondary N) is 1. The summed E-state index contributed by atoms with van der Waals surface area (Å²) in [6.45, 7) is 0.626. The number of carbonyl (C=O) groups is 1. The Labute approximate surface area is 255 Å². The molecule has 6 nitrogen and oxygen atoms in total. The number of nitrogens with zero attached hydrogens (tertiary/aromatic N) is 1. The van der Waals surface area contributed by atoms with Crippen LogP contribution in [-0.2, 0) is 22.2 Å². The molecule has 7 rings (SSSR count). The number of aliphatic hydroxyl groups excluding tert-OH is 1. The van der Waals surface area contributed by atoms with Gasteiger partial charge in [-0.3, -0.25) is 4.79 Å². The third-order valence-corrected chi connectivity index (χ3v) is 10.1. The van der Waals surface area contributed by atoms with Gasteiger partial charge in [-0.05, 0) is 53.3 Å². The molecule has 7 heteroatoms. The summed E-state index contributed by atoms with van der Waals surface area (Å²) in [6.07, 6.45) is 0.938. The molecule has 2 fully saturated rings. The molecule has 2 aliphatic rings. The van der Waals surface area contributed by atoms with E-state index in [0.717, 1.165) is 22.2 Å². The lowest BCUT2D eigenvalue weighted by Gasteiger charge is -2.55. The van der Waals surface area contributed by atoms with Crippen LogP contribution in [-0.4, -0.2) is 52.3 Å². The van der Waals surface area contributed by atoms with Gasteiger partial charge in [0.15, 0.2) is 0 Å². The number of para-hydroxylation sites is 1. The molecule has 0 spiro atoms. The van der Waals surface area contributed by atoms with E-state index in [1.165, 1.54) is 12.1 Å². The molecule has 1 aliphatic heterocycles. The van der Waals surface area contributed by atoms with Crippen LogP contribution < -0.4 is 4.74 Å². The smallest absolute Gasteiger partial charge is 0.227 e. The molecule has 1 amide bonds. The summed E-state index contributed by atoms with van der Waals surface area (Å²) in [6, 6.07) is 32.0. The number of rotatable bonds is 6.